The Labute approximate surface area is 154 Å². The van der Waals surface area contributed by atoms with Crippen molar-refractivity contribution >= 4 is 0 Å². The van der Waals surface area contributed by atoms with Crippen LogP contribution in [0.4, 0.5) is 0 Å². The summed E-state index contributed by atoms with van der Waals surface area (Å²) in [4.78, 5) is 0. The summed E-state index contributed by atoms with van der Waals surface area (Å²) in [6.07, 6.45) is 12.1. The van der Waals surface area contributed by atoms with E-state index < -0.39 is 0 Å². The van der Waals surface area contributed by atoms with Crippen LogP contribution in [0.15, 0.2) is 48.5 Å². The summed E-state index contributed by atoms with van der Waals surface area (Å²) in [5, 5.41) is 0. The summed E-state index contributed by atoms with van der Waals surface area (Å²) in [6, 6.07) is 18.6. The van der Waals surface area contributed by atoms with Crippen LogP contribution >= 0.6 is 0 Å². The van der Waals surface area contributed by atoms with Gasteiger partial charge in [-0.2, -0.15) is 0 Å². The highest BCUT2D eigenvalue weighted by atomic mass is 14.3. The van der Waals surface area contributed by atoms with Gasteiger partial charge in [-0.3, -0.25) is 0 Å². The minimum absolute atomic E-state index is 0.790. The second-order valence-corrected chi connectivity index (χ2v) is 7.90. The second-order valence-electron chi connectivity index (χ2n) is 7.90. The van der Waals surface area contributed by atoms with Crippen LogP contribution in [0.3, 0.4) is 0 Å². The van der Waals surface area contributed by atoms with E-state index in [1.165, 1.54) is 74.5 Å². The number of hydrogen-bond acceptors (Lipinski definition) is 0. The van der Waals surface area contributed by atoms with Crippen LogP contribution in [0.25, 0.3) is 11.1 Å². The fourth-order valence-corrected chi connectivity index (χ4v) is 4.29. The first-order valence-corrected chi connectivity index (χ1v) is 10.5. The van der Waals surface area contributed by atoms with Crippen molar-refractivity contribution in [2.45, 2.75) is 77.6 Å². The van der Waals surface area contributed by atoms with Crippen molar-refractivity contribution in [2.75, 3.05) is 0 Å². The fraction of sp³-hybridized carbons (Fsp3) is 0.520. The maximum Gasteiger partial charge on any atom is -0.0162 e. The normalized spacial score (nSPS) is 20.6. The van der Waals surface area contributed by atoms with Crippen LogP contribution in [0, 0.1) is 5.92 Å². The molecular weight excluding hydrogens is 300 g/mol. The molecule has 0 saturated heterocycles. The molecular formula is C25H34. The molecule has 0 nitrogen and oxygen atoms in total. The Bertz CT molecular complexity index is 612. The van der Waals surface area contributed by atoms with Crippen LogP contribution in [0.5, 0.6) is 0 Å². The van der Waals surface area contributed by atoms with Gasteiger partial charge in [0.2, 0.25) is 0 Å². The first kappa shape index (κ1) is 18.2. The van der Waals surface area contributed by atoms with Crippen LogP contribution in [-0.2, 0) is 6.42 Å². The summed E-state index contributed by atoms with van der Waals surface area (Å²) in [5.74, 6) is 1.77. The van der Waals surface area contributed by atoms with Gasteiger partial charge in [0.15, 0.2) is 0 Å². The molecule has 0 heteroatoms. The van der Waals surface area contributed by atoms with Crippen LogP contribution in [0.2, 0.25) is 0 Å². The van der Waals surface area contributed by atoms with Crippen LogP contribution in [-0.4, -0.2) is 0 Å². The van der Waals surface area contributed by atoms with Gasteiger partial charge in [0, 0.05) is 0 Å². The van der Waals surface area contributed by atoms with Crippen molar-refractivity contribution in [2.24, 2.45) is 5.92 Å². The molecule has 1 aliphatic carbocycles. The lowest BCUT2D eigenvalue weighted by molar-refractivity contribution is 0.319. The lowest BCUT2D eigenvalue weighted by Crippen LogP contribution is -2.12. The Morgan fingerprint density at radius 3 is 1.88 bits per heavy atom. The molecule has 1 aliphatic rings. The van der Waals surface area contributed by atoms with Gasteiger partial charge in [-0.15, -0.1) is 0 Å². The van der Waals surface area contributed by atoms with E-state index in [4.69, 9.17) is 0 Å². The number of aryl methyl sites for hydroxylation is 1. The van der Waals surface area contributed by atoms with Gasteiger partial charge in [-0.05, 0) is 72.6 Å². The first-order valence-electron chi connectivity index (χ1n) is 10.5. The topological polar surface area (TPSA) is 0 Å². The van der Waals surface area contributed by atoms with Gasteiger partial charge in [0.05, 0.1) is 0 Å². The van der Waals surface area contributed by atoms with E-state index in [-0.39, 0.29) is 0 Å². The van der Waals surface area contributed by atoms with Gasteiger partial charge < -0.3 is 0 Å². The number of rotatable bonds is 7. The molecule has 1 fully saturated rings. The molecule has 0 heterocycles. The zero-order chi connectivity index (χ0) is 17.5. The molecule has 0 unspecified atom stereocenters. The zero-order valence-corrected chi connectivity index (χ0v) is 16.1. The summed E-state index contributed by atoms with van der Waals surface area (Å²) in [5.41, 5.74) is 5.72. The van der Waals surface area contributed by atoms with E-state index in [0.717, 1.165) is 11.8 Å². The third-order valence-electron chi connectivity index (χ3n) is 6.16. The fourth-order valence-electron chi connectivity index (χ4n) is 4.29. The smallest absolute Gasteiger partial charge is 0.0162 e. The molecule has 2 aromatic carbocycles. The van der Waals surface area contributed by atoms with Crippen molar-refractivity contribution in [3.8, 4) is 11.1 Å². The molecule has 0 bridgehead atoms. The lowest BCUT2D eigenvalue weighted by Gasteiger charge is -2.28. The molecule has 0 N–H and O–H groups in total. The Balaban J connectivity index is 1.60. The molecule has 3 rings (SSSR count). The van der Waals surface area contributed by atoms with E-state index in [9.17, 15) is 0 Å². The SMILES string of the molecule is CCCCCc1ccc(-c2ccc(C3CCC(CC)CC3)cc2)cc1. The molecule has 25 heavy (non-hydrogen) atoms. The van der Waals surface area contributed by atoms with Crippen LogP contribution in [0.1, 0.15) is 82.3 Å². The van der Waals surface area contributed by atoms with Crippen molar-refractivity contribution in [3.05, 3.63) is 59.7 Å². The van der Waals surface area contributed by atoms with Gasteiger partial charge in [0.25, 0.3) is 0 Å². The van der Waals surface area contributed by atoms with E-state index in [1.807, 2.05) is 0 Å². The molecule has 1 saturated carbocycles. The molecule has 0 amide bonds. The van der Waals surface area contributed by atoms with Crippen molar-refractivity contribution in [3.63, 3.8) is 0 Å². The molecule has 0 aromatic heterocycles. The predicted molar refractivity (Wildman–Crippen MR) is 110 cm³/mol. The summed E-state index contributed by atoms with van der Waals surface area (Å²) in [7, 11) is 0. The molecule has 0 radical (unpaired) electrons. The molecule has 0 aliphatic heterocycles. The van der Waals surface area contributed by atoms with Crippen LogP contribution < -0.4 is 0 Å². The second kappa shape index (κ2) is 9.22. The molecule has 134 valence electrons. The minimum atomic E-state index is 0.790. The number of benzene rings is 2. The standard InChI is InChI=1S/C25H34/c1-3-5-6-7-21-10-14-23(15-11-21)25-18-16-24(17-19-25)22-12-8-20(4-2)9-13-22/h10-11,14-20,22H,3-9,12-13H2,1-2H3. The maximum atomic E-state index is 2.38. The van der Waals surface area contributed by atoms with E-state index in [2.05, 4.69) is 62.4 Å². The number of hydrogen-bond donors (Lipinski definition) is 0. The van der Waals surface area contributed by atoms with Gasteiger partial charge in [0.1, 0.15) is 0 Å². The minimum Gasteiger partial charge on any atom is -0.0654 e. The quantitative estimate of drug-likeness (QED) is 0.454. The third-order valence-corrected chi connectivity index (χ3v) is 6.16. The molecule has 2 aromatic rings. The van der Waals surface area contributed by atoms with Gasteiger partial charge in [-0.1, -0.05) is 81.6 Å². The largest absolute Gasteiger partial charge is 0.0654 e. The predicted octanol–water partition coefficient (Wildman–Crippen LogP) is 7.77. The first-order chi connectivity index (χ1) is 12.3. The van der Waals surface area contributed by atoms with E-state index in [0.29, 0.717) is 0 Å². The Kier molecular flexibility index (Phi) is 6.73. The third kappa shape index (κ3) is 4.97. The lowest BCUT2D eigenvalue weighted by atomic mass is 9.77. The van der Waals surface area contributed by atoms with Gasteiger partial charge >= 0.3 is 0 Å². The number of unbranched alkanes of at least 4 members (excludes halogenated alkanes) is 2. The van der Waals surface area contributed by atoms with Crippen molar-refractivity contribution < 1.29 is 0 Å². The highest BCUT2D eigenvalue weighted by Crippen LogP contribution is 2.37. The highest BCUT2D eigenvalue weighted by molar-refractivity contribution is 5.64. The summed E-state index contributed by atoms with van der Waals surface area (Å²) >= 11 is 0. The van der Waals surface area contributed by atoms with Crippen molar-refractivity contribution in [1.82, 2.24) is 0 Å². The Morgan fingerprint density at radius 1 is 0.720 bits per heavy atom. The van der Waals surface area contributed by atoms with E-state index in [1.54, 1.807) is 5.56 Å². The molecule has 0 spiro atoms. The van der Waals surface area contributed by atoms with Crippen molar-refractivity contribution in [1.29, 1.82) is 0 Å². The maximum absolute atomic E-state index is 2.38. The average molecular weight is 335 g/mol. The Hall–Kier alpha value is -1.56. The Morgan fingerprint density at radius 2 is 1.32 bits per heavy atom. The molecule has 0 atom stereocenters. The van der Waals surface area contributed by atoms with Gasteiger partial charge in [-0.25, -0.2) is 0 Å². The van der Waals surface area contributed by atoms with E-state index >= 15 is 0 Å². The zero-order valence-electron chi connectivity index (χ0n) is 16.1. The summed E-state index contributed by atoms with van der Waals surface area (Å²) < 4.78 is 0. The summed E-state index contributed by atoms with van der Waals surface area (Å²) in [6.45, 7) is 4.61. The highest BCUT2D eigenvalue weighted by Gasteiger charge is 2.21. The average Bonchev–Trinajstić information content (AvgIpc) is 2.69. The monoisotopic (exact) mass is 334 g/mol.